The molecule has 2 aromatic heterocycles. The van der Waals surface area contributed by atoms with Crippen molar-refractivity contribution in [1.29, 1.82) is 0 Å². The molecule has 36 heavy (non-hydrogen) atoms. The van der Waals surface area contributed by atoms with E-state index >= 15 is 0 Å². The number of likely N-dealkylation sites (N-methyl/N-ethyl adjacent to an activating group) is 1. The number of hydrogen-bond acceptors (Lipinski definition) is 8. The van der Waals surface area contributed by atoms with E-state index in [0.717, 1.165) is 11.3 Å². The third kappa shape index (κ3) is 3.56. The molecule has 3 aliphatic rings. The van der Waals surface area contributed by atoms with Crippen LogP contribution < -0.4 is 20.3 Å². The Morgan fingerprint density at radius 2 is 1.97 bits per heavy atom. The minimum Gasteiger partial charge on any atom is -0.454 e. The molecule has 10 heteroatoms. The fraction of sp³-hybridized carbons (Fsp3) is 0.385. The number of nitrogens with zero attached hydrogens (tertiary/aromatic N) is 4. The molecule has 0 spiro atoms. The number of rotatable bonds is 6. The maximum atomic E-state index is 13.5. The molecule has 6 rings (SSSR count). The molecule has 1 aromatic carbocycles. The zero-order valence-electron chi connectivity index (χ0n) is 19.8. The van der Waals surface area contributed by atoms with Crippen LogP contribution in [0, 0.1) is 11.8 Å². The van der Waals surface area contributed by atoms with E-state index in [0.29, 0.717) is 42.3 Å². The summed E-state index contributed by atoms with van der Waals surface area (Å²) in [4.78, 5) is 37.0. The summed E-state index contributed by atoms with van der Waals surface area (Å²) in [5.74, 6) is 0.847. The van der Waals surface area contributed by atoms with Crippen molar-refractivity contribution in [3.8, 4) is 22.6 Å². The zero-order valence-corrected chi connectivity index (χ0v) is 19.8. The fourth-order valence-electron chi connectivity index (χ4n) is 5.97. The number of amides is 1. The Morgan fingerprint density at radius 3 is 2.75 bits per heavy atom. The Kier molecular flexibility index (Phi) is 5.69. The van der Waals surface area contributed by atoms with E-state index in [-0.39, 0.29) is 42.7 Å². The van der Waals surface area contributed by atoms with Crippen LogP contribution in [0.4, 0.5) is 0 Å². The molecule has 0 saturated carbocycles. The number of pyridine rings is 1. The van der Waals surface area contributed by atoms with Gasteiger partial charge in [-0.05, 0) is 36.8 Å². The number of carbonyl (C=O) groups is 1. The van der Waals surface area contributed by atoms with Crippen molar-refractivity contribution in [2.24, 2.45) is 11.8 Å². The average molecular weight is 490 g/mol. The van der Waals surface area contributed by atoms with Gasteiger partial charge in [-0.15, -0.1) is 0 Å². The van der Waals surface area contributed by atoms with Gasteiger partial charge in [-0.3, -0.25) is 14.5 Å². The Hall–Kier alpha value is -3.76. The number of hydrogen-bond donors (Lipinski definition) is 2. The first-order valence-electron chi connectivity index (χ1n) is 12.1. The van der Waals surface area contributed by atoms with Crippen molar-refractivity contribution < 1.29 is 19.4 Å². The smallest absolute Gasteiger partial charge is 0.258 e. The quantitative estimate of drug-likeness (QED) is 0.533. The molecular formula is C26H27N5O5. The highest BCUT2D eigenvalue weighted by Crippen LogP contribution is 2.50. The summed E-state index contributed by atoms with van der Waals surface area (Å²) in [6.45, 7) is 3.31. The number of aliphatic hydroxyl groups is 1. The number of aliphatic hydroxyl groups excluding tert-OH is 1. The second kappa shape index (κ2) is 9.03. The second-order valence-electron chi connectivity index (χ2n) is 9.37. The van der Waals surface area contributed by atoms with Gasteiger partial charge in [0.05, 0.1) is 17.6 Å². The molecule has 4 atom stereocenters. The van der Waals surface area contributed by atoms with Crippen molar-refractivity contribution >= 4 is 5.91 Å². The third-order valence-corrected chi connectivity index (χ3v) is 7.48. The number of aromatic nitrogens is 3. The van der Waals surface area contributed by atoms with Crippen LogP contribution in [-0.2, 0) is 17.9 Å². The van der Waals surface area contributed by atoms with E-state index < -0.39 is 6.04 Å². The lowest BCUT2D eigenvalue weighted by Crippen LogP contribution is -2.48. The largest absolute Gasteiger partial charge is 0.454 e. The Bertz CT molecular complexity index is 1360. The van der Waals surface area contributed by atoms with E-state index in [4.69, 9.17) is 9.47 Å². The summed E-state index contributed by atoms with van der Waals surface area (Å²) < 4.78 is 12.8. The van der Waals surface area contributed by atoms with E-state index in [1.54, 1.807) is 23.0 Å². The molecule has 1 fully saturated rings. The molecular weight excluding hydrogens is 462 g/mol. The number of carbonyl (C=O) groups excluding carboxylic acids is 1. The van der Waals surface area contributed by atoms with E-state index in [1.165, 1.54) is 6.33 Å². The lowest BCUT2D eigenvalue weighted by molar-refractivity contribution is -0.127. The Labute approximate surface area is 207 Å². The lowest BCUT2D eigenvalue weighted by atomic mass is 9.88. The fourth-order valence-corrected chi connectivity index (χ4v) is 5.97. The first-order chi connectivity index (χ1) is 17.6. The van der Waals surface area contributed by atoms with Crippen LogP contribution in [0.2, 0.25) is 0 Å². The number of ether oxygens (including phenoxy) is 2. The van der Waals surface area contributed by atoms with Gasteiger partial charge in [0, 0.05) is 61.7 Å². The topological polar surface area (TPSA) is 119 Å². The summed E-state index contributed by atoms with van der Waals surface area (Å²) in [5, 5.41) is 13.4. The molecule has 0 unspecified atom stereocenters. The summed E-state index contributed by atoms with van der Waals surface area (Å²) in [6.07, 6.45) is 4.68. The van der Waals surface area contributed by atoms with Gasteiger partial charge in [0.1, 0.15) is 6.33 Å². The van der Waals surface area contributed by atoms with Crippen molar-refractivity contribution in [3.63, 3.8) is 0 Å². The highest BCUT2D eigenvalue weighted by Gasteiger charge is 2.55. The van der Waals surface area contributed by atoms with Gasteiger partial charge in [0.15, 0.2) is 11.5 Å². The predicted molar refractivity (Wildman–Crippen MR) is 129 cm³/mol. The molecule has 10 nitrogen and oxygen atoms in total. The molecule has 3 aliphatic heterocycles. The van der Waals surface area contributed by atoms with Crippen LogP contribution in [0.1, 0.15) is 24.2 Å². The number of benzene rings is 1. The molecule has 5 heterocycles. The minimum atomic E-state index is -0.526. The molecule has 1 amide bonds. The SMILES string of the molecule is CCNC(=O)[C@H]1[C@H](CO)[C@H]2Cn3c(ccc(-c4cncnc4)c3=O)[C@H]2N1Cc1ccc2c(c1)OCO2. The van der Waals surface area contributed by atoms with E-state index in [1.807, 2.05) is 31.2 Å². The molecule has 3 aromatic rings. The summed E-state index contributed by atoms with van der Waals surface area (Å²) in [7, 11) is 0. The van der Waals surface area contributed by atoms with Gasteiger partial charge in [-0.25, -0.2) is 9.97 Å². The lowest BCUT2D eigenvalue weighted by Gasteiger charge is -2.31. The minimum absolute atomic E-state index is 0.0911. The summed E-state index contributed by atoms with van der Waals surface area (Å²) in [5.41, 5.74) is 2.88. The van der Waals surface area contributed by atoms with Gasteiger partial charge in [0.2, 0.25) is 12.7 Å². The molecule has 2 N–H and O–H groups in total. The standard InChI is InChI=1S/C26H27N5O5/c1-2-29-25(33)24-19(12-32)18-11-30-20(5-4-17(26(30)34)16-8-27-13-28-9-16)23(18)31(24)10-15-3-6-21-22(7-15)36-14-35-21/h3-9,13,18-19,23-24,32H,2,10-12,14H2,1H3,(H,29,33)/t18-,19-,23+,24-/m1/s1. The molecule has 0 aliphatic carbocycles. The third-order valence-electron chi connectivity index (χ3n) is 7.48. The van der Waals surface area contributed by atoms with E-state index in [9.17, 15) is 14.7 Å². The number of likely N-dealkylation sites (tertiary alicyclic amines) is 1. The van der Waals surface area contributed by atoms with Crippen molar-refractivity contribution in [2.75, 3.05) is 19.9 Å². The van der Waals surface area contributed by atoms with Gasteiger partial charge >= 0.3 is 0 Å². The van der Waals surface area contributed by atoms with Gasteiger partial charge in [0.25, 0.3) is 5.56 Å². The molecule has 0 bridgehead atoms. The van der Waals surface area contributed by atoms with Gasteiger partial charge < -0.3 is 24.5 Å². The molecule has 1 saturated heterocycles. The van der Waals surface area contributed by atoms with Crippen LogP contribution in [0.5, 0.6) is 11.5 Å². The van der Waals surface area contributed by atoms with Crippen LogP contribution in [0.25, 0.3) is 11.1 Å². The highest BCUT2D eigenvalue weighted by molar-refractivity contribution is 5.82. The zero-order chi connectivity index (χ0) is 24.8. The Balaban J connectivity index is 1.42. The van der Waals surface area contributed by atoms with Crippen LogP contribution in [0.3, 0.4) is 0 Å². The van der Waals surface area contributed by atoms with Crippen molar-refractivity contribution in [1.82, 2.24) is 24.8 Å². The van der Waals surface area contributed by atoms with Crippen LogP contribution in [-0.4, -0.2) is 56.4 Å². The predicted octanol–water partition coefficient (Wildman–Crippen LogP) is 1.33. The van der Waals surface area contributed by atoms with Crippen molar-refractivity contribution in [2.45, 2.75) is 32.1 Å². The normalized spacial score (nSPS) is 23.9. The summed E-state index contributed by atoms with van der Waals surface area (Å²) in [6, 6.07) is 8.80. The average Bonchev–Trinajstić information content (AvgIpc) is 3.58. The summed E-state index contributed by atoms with van der Waals surface area (Å²) >= 11 is 0. The molecule has 0 radical (unpaired) electrons. The Morgan fingerprint density at radius 1 is 1.17 bits per heavy atom. The van der Waals surface area contributed by atoms with E-state index in [2.05, 4.69) is 20.2 Å². The van der Waals surface area contributed by atoms with Crippen molar-refractivity contribution in [3.05, 3.63) is 70.7 Å². The highest BCUT2D eigenvalue weighted by atomic mass is 16.7. The second-order valence-corrected chi connectivity index (χ2v) is 9.37. The first kappa shape index (κ1) is 22.7. The first-order valence-corrected chi connectivity index (χ1v) is 12.1. The number of nitrogens with one attached hydrogen (secondary N) is 1. The van der Waals surface area contributed by atoms with Gasteiger partial charge in [-0.1, -0.05) is 6.07 Å². The molecule has 186 valence electrons. The maximum Gasteiger partial charge on any atom is 0.258 e. The van der Waals surface area contributed by atoms with Crippen LogP contribution >= 0.6 is 0 Å². The maximum absolute atomic E-state index is 13.5. The monoisotopic (exact) mass is 489 g/mol. The number of fused-ring (bicyclic) bond motifs is 4. The van der Waals surface area contributed by atoms with Crippen LogP contribution in [0.15, 0.2) is 53.8 Å². The van der Waals surface area contributed by atoms with Gasteiger partial charge in [-0.2, -0.15) is 0 Å².